The number of hydrogen-bond donors (Lipinski definition) is 1. The number of benzene rings is 1. The largest absolute Gasteiger partial charge is 0.426 e. The molecule has 0 bridgehead atoms. The number of hydrogen-bond acceptors (Lipinski definition) is 3. The number of aliphatic hydroxyl groups is 1. The molecule has 1 aliphatic heterocycles. The van der Waals surface area contributed by atoms with Gasteiger partial charge in [-0.2, -0.15) is 18.3 Å². The van der Waals surface area contributed by atoms with E-state index in [1.165, 1.54) is 12.1 Å². The number of amides is 1. The van der Waals surface area contributed by atoms with Crippen molar-refractivity contribution in [2.75, 3.05) is 13.1 Å². The Morgan fingerprint density at radius 2 is 1.86 bits per heavy atom. The second-order valence-corrected chi connectivity index (χ2v) is 7.36. The van der Waals surface area contributed by atoms with Crippen LogP contribution in [0, 0.1) is 11.7 Å². The maximum atomic E-state index is 13.1. The fourth-order valence-electron chi connectivity index (χ4n) is 3.47. The summed E-state index contributed by atoms with van der Waals surface area (Å²) in [5.74, 6) is -1.86. The Balaban J connectivity index is 1.71. The van der Waals surface area contributed by atoms with Gasteiger partial charge in [-0.05, 0) is 49.6 Å². The van der Waals surface area contributed by atoms with Crippen LogP contribution in [0.1, 0.15) is 31.9 Å². The summed E-state index contributed by atoms with van der Waals surface area (Å²) in [6, 6.07) is 7.66. The molecule has 1 N–H and O–H groups in total. The molecule has 0 radical (unpaired) electrons. The molecule has 9 heteroatoms. The third-order valence-corrected chi connectivity index (χ3v) is 5.24. The lowest BCUT2D eigenvalue weighted by atomic mass is 9.84. The standard InChI is InChI=1S/C19H21F4N3O2/c1-12-11-25(17(27)18(2,28)19(21,22)23)9-7-15(12)16-8-10-26(24-16)14-5-3-13(20)4-6-14/h3-6,8,10,12,15,28H,7,9,11H2,1-2H3/t12-,15+,18?/m1/s1. The first-order valence-electron chi connectivity index (χ1n) is 8.90. The Morgan fingerprint density at radius 3 is 2.43 bits per heavy atom. The van der Waals surface area contributed by atoms with Gasteiger partial charge in [0.1, 0.15) is 5.82 Å². The van der Waals surface area contributed by atoms with Crippen molar-refractivity contribution < 1.29 is 27.5 Å². The zero-order valence-corrected chi connectivity index (χ0v) is 15.4. The number of carbonyl (C=O) groups excluding carboxylic acids is 1. The Bertz CT molecular complexity index is 846. The Morgan fingerprint density at radius 1 is 1.21 bits per heavy atom. The molecule has 1 unspecified atom stereocenters. The SMILES string of the molecule is C[C@@H]1CN(C(=O)C(C)(O)C(F)(F)F)CC[C@@H]1c1ccn(-c2ccc(F)cc2)n1. The number of rotatable bonds is 3. The molecule has 2 aromatic rings. The minimum Gasteiger partial charge on any atom is -0.373 e. The first-order valence-corrected chi connectivity index (χ1v) is 8.90. The fourth-order valence-corrected chi connectivity index (χ4v) is 3.47. The molecule has 5 nitrogen and oxygen atoms in total. The van der Waals surface area contributed by atoms with E-state index < -0.39 is 17.7 Å². The number of likely N-dealkylation sites (tertiary alicyclic amines) is 1. The molecule has 3 atom stereocenters. The van der Waals surface area contributed by atoms with Crippen molar-refractivity contribution in [1.82, 2.24) is 14.7 Å². The summed E-state index contributed by atoms with van der Waals surface area (Å²) in [6.07, 6.45) is -2.86. The second-order valence-electron chi connectivity index (χ2n) is 7.36. The predicted molar refractivity (Wildman–Crippen MR) is 93.3 cm³/mol. The van der Waals surface area contributed by atoms with Crippen molar-refractivity contribution in [2.24, 2.45) is 5.92 Å². The maximum Gasteiger partial charge on any atom is 0.426 e. The molecular weight excluding hydrogens is 378 g/mol. The molecule has 1 fully saturated rings. The van der Waals surface area contributed by atoms with Crippen LogP contribution in [0.15, 0.2) is 36.5 Å². The highest BCUT2D eigenvalue weighted by Gasteiger charge is 2.57. The van der Waals surface area contributed by atoms with Gasteiger partial charge in [-0.25, -0.2) is 9.07 Å². The summed E-state index contributed by atoms with van der Waals surface area (Å²) >= 11 is 0. The zero-order chi connectivity index (χ0) is 20.7. The van der Waals surface area contributed by atoms with Crippen molar-refractivity contribution in [3.8, 4) is 5.69 Å². The quantitative estimate of drug-likeness (QED) is 0.806. The molecule has 0 saturated carbocycles. The van der Waals surface area contributed by atoms with E-state index in [1.807, 2.05) is 13.0 Å². The molecule has 2 heterocycles. The van der Waals surface area contributed by atoms with E-state index in [1.54, 1.807) is 23.0 Å². The lowest BCUT2D eigenvalue weighted by Gasteiger charge is -2.39. The van der Waals surface area contributed by atoms with E-state index >= 15 is 0 Å². The number of nitrogens with zero attached hydrogens (tertiary/aromatic N) is 3. The van der Waals surface area contributed by atoms with Gasteiger partial charge >= 0.3 is 6.18 Å². The minimum absolute atomic E-state index is 0.0402. The number of aromatic nitrogens is 2. The number of piperidine rings is 1. The minimum atomic E-state index is -5.03. The lowest BCUT2D eigenvalue weighted by molar-refractivity contribution is -0.250. The van der Waals surface area contributed by atoms with E-state index in [2.05, 4.69) is 5.10 Å². The van der Waals surface area contributed by atoms with Gasteiger partial charge in [0.15, 0.2) is 0 Å². The molecule has 28 heavy (non-hydrogen) atoms. The van der Waals surface area contributed by atoms with Crippen LogP contribution >= 0.6 is 0 Å². The van der Waals surface area contributed by atoms with Crippen molar-refractivity contribution in [3.05, 3.63) is 48.0 Å². The number of halogens is 4. The number of alkyl halides is 3. The third kappa shape index (κ3) is 3.76. The Kier molecular flexibility index (Phi) is 5.22. The van der Waals surface area contributed by atoms with Gasteiger partial charge in [-0.1, -0.05) is 6.92 Å². The highest BCUT2D eigenvalue weighted by Crippen LogP contribution is 2.36. The molecule has 0 spiro atoms. The van der Waals surface area contributed by atoms with Gasteiger partial charge in [-0.3, -0.25) is 4.79 Å². The summed E-state index contributed by atoms with van der Waals surface area (Å²) in [5, 5.41) is 14.1. The third-order valence-electron chi connectivity index (χ3n) is 5.24. The van der Waals surface area contributed by atoms with E-state index in [0.29, 0.717) is 19.0 Å². The normalized spacial score (nSPS) is 22.8. The monoisotopic (exact) mass is 399 g/mol. The van der Waals surface area contributed by atoms with Gasteiger partial charge in [0.2, 0.25) is 5.60 Å². The highest BCUT2D eigenvalue weighted by molar-refractivity contribution is 5.85. The zero-order valence-electron chi connectivity index (χ0n) is 15.4. The van der Waals surface area contributed by atoms with Crippen molar-refractivity contribution in [1.29, 1.82) is 0 Å². The van der Waals surface area contributed by atoms with Gasteiger partial charge in [0, 0.05) is 25.2 Å². The van der Waals surface area contributed by atoms with Crippen LogP contribution in [0.3, 0.4) is 0 Å². The number of carbonyl (C=O) groups is 1. The fraction of sp³-hybridized carbons (Fsp3) is 0.474. The van der Waals surface area contributed by atoms with Crippen LogP contribution in [0.2, 0.25) is 0 Å². The van der Waals surface area contributed by atoms with E-state index in [0.717, 1.165) is 10.6 Å². The average Bonchev–Trinajstić information content (AvgIpc) is 3.10. The predicted octanol–water partition coefficient (Wildman–Crippen LogP) is 3.28. The molecule has 3 rings (SSSR count). The molecule has 1 aromatic carbocycles. The van der Waals surface area contributed by atoms with E-state index in [4.69, 9.17) is 0 Å². The first-order chi connectivity index (χ1) is 13.0. The average molecular weight is 399 g/mol. The topological polar surface area (TPSA) is 58.4 Å². The second kappa shape index (κ2) is 7.20. The Hall–Kier alpha value is -2.42. The molecule has 1 aromatic heterocycles. The van der Waals surface area contributed by atoms with Gasteiger partial charge in [0.05, 0.1) is 11.4 Å². The van der Waals surface area contributed by atoms with E-state index in [-0.39, 0.29) is 30.7 Å². The lowest BCUT2D eigenvalue weighted by Crippen LogP contribution is -2.58. The summed E-state index contributed by atoms with van der Waals surface area (Å²) < 4.78 is 53.5. The van der Waals surface area contributed by atoms with Crippen molar-refractivity contribution in [2.45, 2.75) is 38.0 Å². The molecular formula is C19H21F4N3O2. The summed E-state index contributed by atoms with van der Waals surface area (Å²) in [7, 11) is 0. The maximum absolute atomic E-state index is 13.1. The molecule has 1 amide bonds. The van der Waals surface area contributed by atoms with Crippen molar-refractivity contribution in [3.63, 3.8) is 0 Å². The van der Waals surface area contributed by atoms with Crippen LogP contribution < -0.4 is 0 Å². The van der Waals surface area contributed by atoms with Crippen LogP contribution in [0.4, 0.5) is 17.6 Å². The van der Waals surface area contributed by atoms with Crippen LogP contribution in [-0.4, -0.2) is 50.6 Å². The molecule has 1 saturated heterocycles. The Labute approximate surface area is 159 Å². The molecule has 1 aliphatic rings. The van der Waals surface area contributed by atoms with Crippen LogP contribution in [0.5, 0.6) is 0 Å². The molecule has 152 valence electrons. The summed E-state index contributed by atoms with van der Waals surface area (Å²) in [4.78, 5) is 13.2. The van der Waals surface area contributed by atoms with Crippen LogP contribution in [-0.2, 0) is 4.79 Å². The highest BCUT2D eigenvalue weighted by atomic mass is 19.4. The van der Waals surface area contributed by atoms with Crippen LogP contribution in [0.25, 0.3) is 5.69 Å². The van der Waals surface area contributed by atoms with Gasteiger partial charge in [-0.15, -0.1) is 0 Å². The molecule has 0 aliphatic carbocycles. The first kappa shape index (κ1) is 20.3. The summed E-state index contributed by atoms with van der Waals surface area (Å²) in [5.41, 5.74) is -1.95. The van der Waals surface area contributed by atoms with Gasteiger partial charge < -0.3 is 10.0 Å². The van der Waals surface area contributed by atoms with Crippen molar-refractivity contribution >= 4 is 5.91 Å². The summed E-state index contributed by atoms with van der Waals surface area (Å²) in [6.45, 7) is 2.52. The smallest absolute Gasteiger partial charge is 0.373 e. The van der Waals surface area contributed by atoms with E-state index in [9.17, 15) is 27.5 Å². The van der Waals surface area contributed by atoms with Gasteiger partial charge in [0.25, 0.3) is 5.91 Å².